The number of hydrogen-bond donors (Lipinski definition) is 1. The van der Waals surface area contributed by atoms with Crippen molar-refractivity contribution in [1.29, 1.82) is 0 Å². The quantitative estimate of drug-likeness (QED) is 0.517. The van der Waals surface area contributed by atoms with E-state index in [0.29, 0.717) is 28.7 Å². The van der Waals surface area contributed by atoms with Gasteiger partial charge in [-0.25, -0.2) is 9.37 Å². The minimum absolute atomic E-state index is 0.252. The number of imidazole rings is 1. The van der Waals surface area contributed by atoms with Gasteiger partial charge < -0.3 is 10.3 Å². The van der Waals surface area contributed by atoms with Crippen LogP contribution >= 0.6 is 39.1 Å². The highest BCUT2D eigenvalue weighted by Crippen LogP contribution is 2.32. The molecule has 0 saturated carbocycles. The molecule has 7 heteroatoms. The molecule has 0 atom stereocenters. The average Bonchev–Trinajstić information content (AvgIpc) is 2.98. The molecule has 0 aliphatic rings. The van der Waals surface area contributed by atoms with Crippen molar-refractivity contribution >= 4 is 39.1 Å². The van der Waals surface area contributed by atoms with Crippen molar-refractivity contribution in [2.24, 2.45) is 5.73 Å². The second kappa shape index (κ2) is 8.53. The summed E-state index contributed by atoms with van der Waals surface area (Å²) in [6.45, 7) is 0.938. The Labute approximate surface area is 170 Å². The van der Waals surface area contributed by atoms with Gasteiger partial charge in [0.15, 0.2) is 0 Å². The Kier molecular flexibility index (Phi) is 6.35. The van der Waals surface area contributed by atoms with E-state index in [0.717, 1.165) is 34.3 Å². The monoisotopic (exact) mass is 455 g/mol. The highest BCUT2D eigenvalue weighted by Gasteiger charge is 2.16. The fourth-order valence-electron chi connectivity index (χ4n) is 2.83. The molecular weight excluding hydrogens is 440 g/mol. The van der Waals surface area contributed by atoms with E-state index in [1.165, 1.54) is 6.07 Å². The molecule has 0 saturated heterocycles. The van der Waals surface area contributed by atoms with Crippen LogP contribution in [0.15, 0.2) is 47.2 Å². The third-order valence-electron chi connectivity index (χ3n) is 4.10. The molecule has 1 aromatic heterocycles. The molecule has 0 amide bonds. The summed E-state index contributed by atoms with van der Waals surface area (Å²) in [7, 11) is 0. The number of nitrogens with zero attached hydrogens (tertiary/aromatic N) is 2. The van der Waals surface area contributed by atoms with E-state index in [2.05, 4.69) is 20.9 Å². The maximum atomic E-state index is 14.2. The number of nitrogens with two attached hydrogens (primary N) is 1. The van der Waals surface area contributed by atoms with Crippen molar-refractivity contribution in [3.8, 4) is 11.3 Å². The van der Waals surface area contributed by atoms with Gasteiger partial charge in [-0.1, -0.05) is 39.1 Å². The molecule has 2 aromatic carbocycles. The van der Waals surface area contributed by atoms with Crippen LogP contribution in [-0.2, 0) is 13.0 Å². The number of benzene rings is 2. The van der Waals surface area contributed by atoms with E-state index in [9.17, 15) is 4.39 Å². The number of aromatic nitrogens is 2. The maximum Gasteiger partial charge on any atom is 0.128 e. The summed E-state index contributed by atoms with van der Waals surface area (Å²) in [4.78, 5) is 4.54. The second-order valence-electron chi connectivity index (χ2n) is 5.92. The third kappa shape index (κ3) is 4.29. The summed E-state index contributed by atoms with van der Waals surface area (Å²) in [5, 5.41) is 1.10. The minimum atomic E-state index is -0.252. The third-order valence-corrected chi connectivity index (χ3v) is 5.14. The highest BCUT2D eigenvalue weighted by molar-refractivity contribution is 9.10. The van der Waals surface area contributed by atoms with Crippen molar-refractivity contribution in [2.75, 3.05) is 6.54 Å². The van der Waals surface area contributed by atoms with E-state index in [-0.39, 0.29) is 5.82 Å². The molecule has 0 bridgehead atoms. The van der Waals surface area contributed by atoms with Gasteiger partial charge in [0.2, 0.25) is 0 Å². The maximum absolute atomic E-state index is 14.2. The van der Waals surface area contributed by atoms with Crippen LogP contribution in [0.5, 0.6) is 0 Å². The zero-order valence-corrected chi connectivity index (χ0v) is 17.0. The first-order valence-corrected chi connectivity index (χ1v) is 9.68. The van der Waals surface area contributed by atoms with Gasteiger partial charge in [0.1, 0.15) is 5.82 Å². The van der Waals surface area contributed by atoms with Gasteiger partial charge in [0.25, 0.3) is 0 Å². The van der Waals surface area contributed by atoms with Crippen molar-refractivity contribution in [3.05, 3.63) is 74.3 Å². The molecule has 0 aliphatic carbocycles. The van der Waals surface area contributed by atoms with Crippen molar-refractivity contribution < 1.29 is 4.39 Å². The standard InChI is InChI=1S/C19H17BrCl2FN3/c20-13-3-6-17(23)12(8-13)10-26-11-25-19(18(26)2-1-7-24)15-5-4-14(21)9-16(15)22/h3-6,8-9,11H,1-2,7,10,24H2. The summed E-state index contributed by atoms with van der Waals surface area (Å²) >= 11 is 15.8. The molecule has 2 N–H and O–H groups in total. The van der Waals surface area contributed by atoms with Crippen LogP contribution in [-0.4, -0.2) is 16.1 Å². The van der Waals surface area contributed by atoms with Crippen molar-refractivity contribution in [1.82, 2.24) is 9.55 Å². The summed E-state index contributed by atoms with van der Waals surface area (Å²) in [6, 6.07) is 10.2. The van der Waals surface area contributed by atoms with Gasteiger partial charge in [0.05, 0.1) is 23.6 Å². The summed E-state index contributed by atoms with van der Waals surface area (Å²) < 4.78 is 16.9. The highest BCUT2D eigenvalue weighted by atomic mass is 79.9. The van der Waals surface area contributed by atoms with Gasteiger partial charge in [-0.15, -0.1) is 0 Å². The molecule has 26 heavy (non-hydrogen) atoms. The van der Waals surface area contributed by atoms with Crippen LogP contribution < -0.4 is 5.73 Å². The first-order chi connectivity index (χ1) is 12.5. The van der Waals surface area contributed by atoms with E-state index in [1.54, 1.807) is 30.6 Å². The van der Waals surface area contributed by atoms with E-state index >= 15 is 0 Å². The van der Waals surface area contributed by atoms with Gasteiger partial charge in [0, 0.05) is 26.3 Å². The van der Waals surface area contributed by atoms with Gasteiger partial charge in [-0.05, 0) is 55.8 Å². The minimum Gasteiger partial charge on any atom is -0.330 e. The van der Waals surface area contributed by atoms with E-state index in [4.69, 9.17) is 28.9 Å². The Morgan fingerprint density at radius 3 is 2.69 bits per heavy atom. The lowest BCUT2D eigenvalue weighted by Crippen LogP contribution is -2.08. The Hall–Kier alpha value is -1.40. The van der Waals surface area contributed by atoms with Gasteiger partial charge >= 0.3 is 0 Å². The molecular formula is C19H17BrCl2FN3. The molecule has 136 valence electrons. The van der Waals surface area contributed by atoms with Crippen LogP contribution in [0, 0.1) is 5.82 Å². The van der Waals surface area contributed by atoms with Crippen molar-refractivity contribution in [2.45, 2.75) is 19.4 Å². The fourth-order valence-corrected chi connectivity index (χ4v) is 3.74. The first kappa shape index (κ1) is 19.4. The Morgan fingerprint density at radius 1 is 1.15 bits per heavy atom. The lowest BCUT2D eigenvalue weighted by atomic mass is 10.1. The summed E-state index contributed by atoms with van der Waals surface area (Å²) in [5.41, 5.74) is 8.82. The number of halogens is 4. The predicted octanol–water partition coefficient (Wildman–Crippen LogP) is 5.70. The molecule has 0 fully saturated rings. The predicted molar refractivity (Wildman–Crippen MR) is 108 cm³/mol. The largest absolute Gasteiger partial charge is 0.330 e. The van der Waals surface area contributed by atoms with Crippen LogP contribution in [0.25, 0.3) is 11.3 Å². The van der Waals surface area contributed by atoms with Crippen LogP contribution in [0.3, 0.4) is 0 Å². The Bertz CT molecular complexity index is 927. The van der Waals surface area contributed by atoms with Crippen LogP contribution in [0.4, 0.5) is 4.39 Å². The normalized spacial score (nSPS) is 11.1. The molecule has 1 heterocycles. The SMILES string of the molecule is NCCCc1c(-c2ccc(Cl)cc2Cl)ncn1Cc1cc(Br)ccc1F. The average molecular weight is 457 g/mol. The molecule has 3 rings (SSSR count). The molecule has 3 nitrogen and oxygen atoms in total. The van der Waals surface area contributed by atoms with Crippen LogP contribution in [0.1, 0.15) is 17.7 Å². The van der Waals surface area contributed by atoms with Gasteiger partial charge in [-0.3, -0.25) is 0 Å². The van der Waals surface area contributed by atoms with Crippen molar-refractivity contribution in [3.63, 3.8) is 0 Å². The smallest absolute Gasteiger partial charge is 0.128 e. The van der Waals surface area contributed by atoms with E-state index in [1.807, 2.05) is 10.6 Å². The lowest BCUT2D eigenvalue weighted by Gasteiger charge is -2.12. The Morgan fingerprint density at radius 2 is 1.96 bits per heavy atom. The zero-order valence-electron chi connectivity index (χ0n) is 13.9. The molecule has 0 radical (unpaired) electrons. The zero-order chi connectivity index (χ0) is 18.7. The molecule has 0 aliphatic heterocycles. The van der Waals surface area contributed by atoms with E-state index < -0.39 is 0 Å². The Balaban J connectivity index is 2.03. The molecule has 0 spiro atoms. The van der Waals surface area contributed by atoms with Gasteiger partial charge in [-0.2, -0.15) is 0 Å². The second-order valence-corrected chi connectivity index (χ2v) is 7.68. The summed E-state index contributed by atoms with van der Waals surface area (Å²) in [6.07, 6.45) is 3.23. The topological polar surface area (TPSA) is 43.8 Å². The molecule has 0 unspecified atom stereocenters. The number of rotatable bonds is 6. The van der Waals surface area contributed by atoms with Crippen LogP contribution in [0.2, 0.25) is 10.0 Å². The molecule has 3 aromatic rings. The lowest BCUT2D eigenvalue weighted by molar-refractivity contribution is 0.593. The first-order valence-electron chi connectivity index (χ1n) is 8.13. The summed E-state index contributed by atoms with van der Waals surface area (Å²) in [5.74, 6) is -0.252. The number of hydrogen-bond acceptors (Lipinski definition) is 2. The fraction of sp³-hybridized carbons (Fsp3) is 0.211.